The summed E-state index contributed by atoms with van der Waals surface area (Å²) in [5.74, 6) is 0. The van der Waals surface area contributed by atoms with Gasteiger partial charge in [-0.15, -0.1) is 0 Å². The lowest BCUT2D eigenvalue weighted by Gasteiger charge is -2.26. The molecule has 5 nitrogen and oxygen atoms in total. The van der Waals surface area contributed by atoms with Crippen LogP contribution in [0.2, 0.25) is 10.0 Å². The number of nitriles is 1. The molecule has 0 saturated carbocycles. The quantitative estimate of drug-likeness (QED) is 0.380. The molecule has 0 bridgehead atoms. The van der Waals surface area contributed by atoms with E-state index in [0.29, 0.717) is 27.8 Å². The van der Waals surface area contributed by atoms with Gasteiger partial charge in [-0.3, -0.25) is 4.90 Å². The summed E-state index contributed by atoms with van der Waals surface area (Å²) in [6.07, 6.45) is 1.04. The van der Waals surface area contributed by atoms with Crippen LogP contribution < -0.4 is 10.2 Å². The van der Waals surface area contributed by atoms with Crippen LogP contribution in [0.4, 0.5) is 16.2 Å². The molecule has 3 aromatic carbocycles. The van der Waals surface area contributed by atoms with Gasteiger partial charge < -0.3 is 10.2 Å². The zero-order chi connectivity index (χ0) is 23.8. The van der Waals surface area contributed by atoms with Crippen molar-refractivity contribution in [3.05, 3.63) is 82.3 Å². The van der Waals surface area contributed by atoms with Crippen molar-refractivity contribution in [3.8, 4) is 17.2 Å². The Bertz CT molecular complexity index is 1120. The maximum atomic E-state index is 13.2. The molecule has 0 aliphatic heterocycles. The van der Waals surface area contributed by atoms with Crippen LogP contribution in [0.25, 0.3) is 11.1 Å². The van der Waals surface area contributed by atoms with Gasteiger partial charge in [0, 0.05) is 34.5 Å². The van der Waals surface area contributed by atoms with Crippen LogP contribution in [0.5, 0.6) is 0 Å². The lowest BCUT2D eigenvalue weighted by molar-refractivity contribution is 0.255. The molecular weight excluding hydrogens is 455 g/mol. The molecule has 0 unspecified atom stereocenters. The van der Waals surface area contributed by atoms with Crippen LogP contribution >= 0.6 is 23.2 Å². The summed E-state index contributed by atoms with van der Waals surface area (Å²) in [7, 11) is 2.04. The normalized spacial score (nSPS) is 10.7. The topological polar surface area (TPSA) is 59.4 Å². The van der Waals surface area contributed by atoms with Gasteiger partial charge in [0.2, 0.25) is 0 Å². The van der Waals surface area contributed by atoms with Gasteiger partial charge in [0.1, 0.15) is 0 Å². The van der Waals surface area contributed by atoms with E-state index in [4.69, 9.17) is 28.5 Å². The zero-order valence-corrected chi connectivity index (χ0v) is 20.2. The molecule has 1 N–H and O–H groups in total. The smallest absolute Gasteiger partial charge is 0.307 e. The Kier molecular flexibility index (Phi) is 8.73. The molecule has 0 saturated heterocycles. The standard InChI is InChI=1S/C26H26Cl2N4O/c1-3-11-31(2)12-13-32(26(33)30-24-16-22(27)15-23(28)17-24)25-9-7-20(8-10-25)21-6-4-5-19(14-21)18-29/h4-10,14-17H,3,11-13H2,1-2H3,(H,30,33). The molecule has 0 aliphatic carbocycles. The van der Waals surface area contributed by atoms with E-state index in [1.54, 1.807) is 29.2 Å². The first-order valence-corrected chi connectivity index (χ1v) is 11.5. The lowest BCUT2D eigenvalue weighted by atomic mass is 10.0. The molecule has 0 radical (unpaired) electrons. The number of hydrogen-bond donors (Lipinski definition) is 1. The van der Waals surface area contributed by atoms with E-state index in [1.165, 1.54) is 0 Å². The number of urea groups is 1. The zero-order valence-electron chi connectivity index (χ0n) is 18.7. The van der Waals surface area contributed by atoms with Crippen molar-refractivity contribution in [1.29, 1.82) is 5.26 Å². The summed E-state index contributed by atoms with van der Waals surface area (Å²) >= 11 is 12.2. The lowest BCUT2D eigenvalue weighted by Crippen LogP contribution is -2.40. The van der Waals surface area contributed by atoms with Crippen LogP contribution in [0.3, 0.4) is 0 Å². The molecule has 0 fully saturated rings. The van der Waals surface area contributed by atoms with E-state index in [-0.39, 0.29) is 6.03 Å². The molecule has 2 amide bonds. The number of halogens is 2. The summed E-state index contributed by atoms with van der Waals surface area (Å²) < 4.78 is 0. The Hall–Kier alpha value is -3.04. The SMILES string of the molecule is CCCN(C)CCN(C(=O)Nc1cc(Cl)cc(Cl)c1)c1ccc(-c2cccc(C#N)c2)cc1. The molecule has 7 heteroatoms. The van der Waals surface area contributed by atoms with Gasteiger partial charge in [0.25, 0.3) is 0 Å². The number of carbonyl (C=O) groups excluding carboxylic acids is 1. The van der Waals surface area contributed by atoms with E-state index >= 15 is 0 Å². The Morgan fingerprint density at radius 2 is 1.64 bits per heavy atom. The highest BCUT2D eigenvalue weighted by molar-refractivity contribution is 6.35. The Labute approximate surface area is 205 Å². The molecule has 0 aliphatic rings. The van der Waals surface area contributed by atoms with Gasteiger partial charge in [-0.2, -0.15) is 5.26 Å². The monoisotopic (exact) mass is 480 g/mol. The van der Waals surface area contributed by atoms with E-state index in [9.17, 15) is 4.79 Å². The maximum Gasteiger partial charge on any atom is 0.326 e. The number of hydrogen-bond acceptors (Lipinski definition) is 3. The van der Waals surface area contributed by atoms with E-state index in [0.717, 1.165) is 36.3 Å². The number of nitrogens with one attached hydrogen (secondary N) is 1. The van der Waals surface area contributed by atoms with Crippen molar-refractivity contribution in [2.45, 2.75) is 13.3 Å². The fourth-order valence-corrected chi connectivity index (χ4v) is 4.06. The largest absolute Gasteiger partial charge is 0.326 e. The van der Waals surface area contributed by atoms with Crippen molar-refractivity contribution in [2.75, 3.05) is 36.9 Å². The van der Waals surface area contributed by atoms with Crippen LogP contribution in [-0.2, 0) is 0 Å². The highest BCUT2D eigenvalue weighted by atomic mass is 35.5. The number of anilines is 2. The number of rotatable bonds is 8. The van der Waals surface area contributed by atoms with E-state index < -0.39 is 0 Å². The first-order chi connectivity index (χ1) is 15.9. The van der Waals surface area contributed by atoms with Crippen LogP contribution in [0.15, 0.2) is 66.7 Å². The van der Waals surface area contributed by atoms with Crippen LogP contribution in [-0.4, -0.2) is 37.6 Å². The Morgan fingerprint density at radius 1 is 0.939 bits per heavy atom. The number of benzene rings is 3. The second-order valence-electron chi connectivity index (χ2n) is 7.78. The minimum atomic E-state index is -0.266. The molecule has 3 aromatic rings. The third-order valence-corrected chi connectivity index (χ3v) is 5.61. The van der Waals surface area contributed by atoms with Crippen LogP contribution in [0.1, 0.15) is 18.9 Å². The fraction of sp³-hybridized carbons (Fsp3) is 0.231. The number of carbonyl (C=O) groups is 1. The second-order valence-corrected chi connectivity index (χ2v) is 8.66. The first-order valence-electron chi connectivity index (χ1n) is 10.7. The number of amides is 2. The molecule has 0 heterocycles. The summed E-state index contributed by atoms with van der Waals surface area (Å²) in [6, 6.07) is 22.0. The van der Waals surface area contributed by atoms with Gasteiger partial charge in [-0.25, -0.2) is 4.79 Å². The van der Waals surface area contributed by atoms with Gasteiger partial charge in [-0.1, -0.05) is 54.4 Å². The second kappa shape index (κ2) is 11.7. The Morgan fingerprint density at radius 3 is 2.27 bits per heavy atom. The summed E-state index contributed by atoms with van der Waals surface area (Å²) in [4.78, 5) is 17.1. The third-order valence-electron chi connectivity index (χ3n) is 5.17. The van der Waals surface area contributed by atoms with Gasteiger partial charge in [0.05, 0.1) is 11.6 Å². The summed E-state index contributed by atoms with van der Waals surface area (Å²) in [5.41, 5.74) is 3.84. The highest BCUT2D eigenvalue weighted by Gasteiger charge is 2.17. The predicted octanol–water partition coefficient (Wildman–Crippen LogP) is 6.91. The summed E-state index contributed by atoms with van der Waals surface area (Å²) in [6.45, 7) is 4.32. The molecule has 0 atom stereocenters. The van der Waals surface area contributed by atoms with Crippen molar-refractivity contribution in [3.63, 3.8) is 0 Å². The molecule has 0 spiro atoms. The van der Waals surface area contributed by atoms with E-state index in [1.807, 2.05) is 49.5 Å². The Balaban J connectivity index is 1.84. The molecule has 170 valence electrons. The average Bonchev–Trinajstić information content (AvgIpc) is 2.79. The summed E-state index contributed by atoms with van der Waals surface area (Å²) in [5, 5.41) is 13.0. The molecule has 33 heavy (non-hydrogen) atoms. The third kappa shape index (κ3) is 6.97. The van der Waals surface area contributed by atoms with Crippen molar-refractivity contribution in [2.24, 2.45) is 0 Å². The minimum Gasteiger partial charge on any atom is -0.307 e. The van der Waals surface area contributed by atoms with Crippen molar-refractivity contribution in [1.82, 2.24) is 4.90 Å². The van der Waals surface area contributed by atoms with Gasteiger partial charge >= 0.3 is 6.03 Å². The first kappa shape index (κ1) is 24.6. The van der Waals surface area contributed by atoms with E-state index in [2.05, 4.69) is 23.2 Å². The molecular formula is C26H26Cl2N4O. The molecule has 3 rings (SSSR count). The minimum absolute atomic E-state index is 0.266. The fourth-order valence-electron chi connectivity index (χ4n) is 3.53. The van der Waals surface area contributed by atoms with Crippen molar-refractivity contribution >= 4 is 40.6 Å². The van der Waals surface area contributed by atoms with Gasteiger partial charge in [-0.05, 0) is 73.6 Å². The highest BCUT2D eigenvalue weighted by Crippen LogP contribution is 2.26. The number of likely N-dealkylation sites (N-methyl/N-ethyl adjacent to an activating group) is 1. The van der Waals surface area contributed by atoms with Crippen molar-refractivity contribution < 1.29 is 4.79 Å². The maximum absolute atomic E-state index is 13.2. The van der Waals surface area contributed by atoms with Crippen LogP contribution in [0, 0.1) is 11.3 Å². The molecule has 0 aromatic heterocycles. The predicted molar refractivity (Wildman–Crippen MR) is 137 cm³/mol. The average molecular weight is 481 g/mol. The number of nitrogens with zero attached hydrogens (tertiary/aromatic N) is 3. The van der Waals surface area contributed by atoms with Gasteiger partial charge in [0.15, 0.2) is 0 Å².